The van der Waals surface area contributed by atoms with Crippen molar-refractivity contribution in [1.82, 2.24) is 4.90 Å². The lowest BCUT2D eigenvalue weighted by molar-refractivity contribution is -0.154. The number of amides is 2. The van der Waals surface area contributed by atoms with E-state index in [0.29, 0.717) is 19.3 Å². The van der Waals surface area contributed by atoms with Crippen LogP contribution in [0.1, 0.15) is 40.0 Å². The molecule has 0 bridgehead atoms. The van der Waals surface area contributed by atoms with Crippen LogP contribution in [0.4, 0.5) is 0 Å². The average Bonchev–Trinajstić information content (AvgIpc) is 2.15. The molecule has 90 valence electrons. The molecule has 16 heavy (non-hydrogen) atoms. The Bertz CT molecular complexity index is 325. The van der Waals surface area contributed by atoms with Crippen LogP contribution < -0.4 is 5.73 Å². The molecule has 1 fully saturated rings. The molecule has 1 atom stereocenters. The molecule has 2 amide bonds. The van der Waals surface area contributed by atoms with Gasteiger partial charge in [0.2, 0.25) is 11.8 Å². The zero-order chi connectivity index (χ0) is 12.5. The molecule has 0 saturated carbocycles. The third-order valence-electron chi connectivity index (χ3n) is 3.26. The van der Waals surface area contributed by atoms with Gasteiger partial charge in [0.15, 0.2) is 0 Å². The van der Waals surface area contributed by atoms with Gasteiger partial charge < -0.3 is 5.73 Å². The van der Waals surface area contributed by atoms with E-state index in [1.165, 1.54) is 4.90 Å². The lowest BCUT2D eigenvalue weighted by Gasteiger charge is -2.41. The third-order valence-corrected chi connectivity index (χ3v) is 3.70. The molecular formula is C11H18N2O2S. The topological polar surface area (TPSA) is 63.4 Å². The van der Waals surface area contributed by atoms with Crippen molar-refractivity contribution in [2.24, 2.45) is 11.7 Å². The van der Waals surface area contributed by atoms with E-state index in [1.54, 1.807) is 6.92 Å². The Morgan fingerprint density at radius 2 is 1.94 bits per heavy atom. The van der Waals surface area contributed by atoms with Crippen LogP contribution in [0.15, 0.2) is 0 Å². The Morgan fingerprint density at radius 1 is 1.50 bits per heavy atom. The molecule has 4 nitrogen and oxygen atoms in total. The van der Waals surface area contributed by atoms with E-state index in [-0.39, 0.29) is 22.7 Å². The summed E-state index contributed by atoms with van der Waals surface area (Å²) in [5.74, 6) is -0.217. The van der Waals surface area contributed by atoms with E-state index in [2.05, 4.69) is 0 Å². The standard InChI is InChI=1S/C11H18N2O2S/c1-4-11(3,10(12)16)13-8(14)5-7(2)6-9(13)15/h7H,4-6H2,1-3H3,(H2,12,16). The molecule has 0 radical (unpaired) electrons. The van der Waals surface area contributed by atoms with E-state index in [1.807, 2.05) is 13.8 Å². The third kappa shape index (κ3) is 2.09. The van der Waals surface area contributed by atoms with Crippen molar-refractivity contribution in [3.05, 3.63) is 0 Å². The van der Waals surface area contributed by atoms with E-state index >= 15 is 0 Å². The lowest BCUT2D eigenvalue weighted by Crippen LogP contribution is -2.61. The smallest absolute Gasteiger partial charge is 0.230 e. The van der Waals surface area contributed by atoms with Gasteiger partial charge in [-0.1, -0.05) is 26.1 Å². The first-order chi connectivity index (χ1) is 7.32. The predicted octanol–water partition coefficient (Wildman–Crippen LogP) is 1.23. The molecule has 0 aromatic rings. The van der Waals surface area contributed by atoms with E-state index in [9.17, 15) is 9.59 Å². The molecule has 1 heterocycles. The van der Waals surface area contributed by atoms with Gasteiger partial charge in [0.05, 0.1) is 10.5 Å². The fourth-order valence-electron chi connectivity index (χ4n) is 1.98. The first-order valence-corrected chi connectivity index (χ1v) is 5.89. The molecule has 1 aliphatic heterocycles. The predicted molar refractivity (Wildman–Crippen MR) is 65.7 cm³/mol. The van der Waals surface area contributed by atoms with Crippen molar-refractivity contribution in [2.45, 2.75) is 45.6 Å². The molecule has 0 spiro atoms. The summed E-state index contributed by atoms with van der Waals surface area (Å²) in [5, 5.41) is 0. The number of hydrogen-bond donors (Lipinski definition) is 1. The Morgan fingerprint density at radius 3 is 2.25 bits per heavy atom. The first-order valence-electron chi connectivity index (χ1n) is 5.48. The Labute approximate surface area is 101 Å². The fourth-order valence-corrected chi connectivity index (χ4v) is 2.22. The number of hydrogen-bond acceptors (Lipinski definition) is 3. The Hall–Kier alpha value is -0.970. The molecular weight excluding hydrogens is 224 g/mol. The van der Waals surface area contributed by atoms with Gasteiger partial charge in [-0.25, -0.2) is 0 Å². The van der Waals surface area contributed by atoms with Crippen LogP contribution in [-0.2, 0) is 9.59 Å². The van der Waals surface area contributed by atoms with Crippen LogP contribution in [0.2, 0.25) is 0 Å². The Balaban J connectivity index is 3.06. The van der Waals surface area contributed by atoms with Crippen molar-refractivity contribution in [2.75, 3.05) is 0 Å². The SMILES string of the molecule is CCC(C)(C(N)=S)N1C(=O)CC(C)CC1=O. The summed E-state index contributed by atoms with van der Waals surface area (Å²) in [6.45, 7) is 5.52. The van der Waals surface area contributed by atoms with Gasteiger partial charge in [0, 0.05) is 12.8 Å². The number of imide groups is 1. The van der Waals surface area contributed by atoms with Crippen LogP contribution in [0, 0.1) is 5.92 Å². The highest BCUT2D eigenvalue weighted by molar-refractivity contribution is 7.80. The van der Waals surface area contributed by atoms with Gasteiger partial charge in [-0.15, -0.1) is 0 Å². The zero-order valence-electron chi connectivity index (χ0n) is 9.95. The lowest BCUT2D eigenvalue weighted by atomic mass is 9.89. The maximum Gasteiger partial charge on any atom is 0.230 e. The van der Waals surface area contributed by atoms with Crippen molar-refractivity contribution in [1.29, 1.82) is 0 Å². The van der Waals surface area contributed by atoms with Crippen LogP contribution in [0.3, 0.4) is 0 Å². The average molecular weight is 242 g/mol. The number of nitrogens with two attached hydrogens (primary N) is 1. The fraction of sp³-hybridized carbons (Fsp3) is 0.727. The number of rotatable bonds is 3. The number of nitrogens with zero attached hydrogens (tertiary/aromatic N) is 1. The second-order valence-electron chi connectivity index (χ2n) is 4.63. The summed E-state index contributed by atoms with van der Waals surface area (Å²) in [4.78, 5) is 25.3. The molecule has 1 unspecified atom stereocenters. The van der Waals surface area contributed by atoms with Crippen LogP contribution in [0.25, 0.3) is 0 Å². The summed E-state index contributed by atoms with van der Waals surface area (Å²) in [7, 11) is 0. The van der Waals surface area contributed by atoms with Gasteiger partial charge in [-0.2, -0.15) is 0 Å². The van der Waals surface area contributed by atoms with Crippen LogP contribution in [0.5, 0.6) is 0 Å². The van der Waals surface area contributed by atoms with Crippen molar-refractivity contribution in [3.63, 3.8) is 0 Å². The zero-order valence-corrected chi connectivity index (χ0v) is 10.8. The van der Waals surface area contributed by atoms with Crippen molar-refractivity contribution >= 4 is 29.0 Å². The molecule has 5 heteroatoms. The number of likely N-dealkylation sites (tertiary alicyclic amines) is 1. The monoisotopic (exact) mass is 242 g/mol. The summed E-state index contributed by atoms with van der Waals surface area (Å²) >= 11 is 4.98. The van der Waals surface area contributed by atoms with Crippen LogP contribution >= 0.6 is 12.2 Å². The van der Waals surface area contributed by atoms with Gasteiger partial charge >= 0.3 is 0 Å². The van der Waals surface area contributed by atoms with Crippen molar-refractivity contribution < 1.29 is 9.59 Å². The number of carbonyl (C=O) groups excluding carboxylic acids is 2. The molecule has 1 rings (SSSR count). The molecule has 0 aromatic carbocycles. The molecule has 2 N–H and O–H groups in total. The van der Waals surface area contributed by atoms with Crippen LogP contribution in [-0.4, -0.2) is 27.2 Å². The van der Waals surface area contributed by atoms with Crippen molar-refractivity contribution in [3.8, 4) is 0 Å². The molecule has 0 aromatic heterocycles. The minimum Gasteiger partial charge on any atom is -0.391 e. The molecule has 1 aliphatic rings. The summed E-state index contributed by atoms with van der Waals surface area (Å²) < 4.78 is 0. The highest BCUT2D eigenvalue weighted by Gasteiger charge is 2.43. The minimum atomic E-state index is -0.816. The second kappa shape index (κ2) is 4.49. The summed E-state index contributed by atoms with van der Waals surface area (Å²) in [6, 6.07) is 0. The summed E-state index contributed by atoms with van der Waals surface area (Å²) in [6.07, 6.45) is 1.34. The maximum atomic E-state index is 11.9. The Kier molecular flexibility index (Phi) is 3.68. The first kappa shape index (κ1) is 13.1. The van der Waals surface area contributed by atoms with E-state index in [4.69, 9.17) is 18.0 Å². The van der Waals surface area contributed by atoms with Gasteiger partial charge in [-0.05, 0) is 19.3 Å². The highest BCUT2D eigenvalue weighted by Crippen LogP contribution is 2.28. The number of piperidine rings is 1. The maximum absolute atomic E-state index is 11.9. The normalized spacial score (nSPS) is 22.1. The van der Waals surface area contributed by atoms with E-state index in [0.717, 1.165) is 0 Å². The van der Waals surface area contributed by atoms with Gasteiger partial charge in [-0.3, -0.25) is 14.5 Å². The number of thiocarbonyl (C=S) groups is 1. The minimum absolute atomic E-state index is 0.115. The number of carbonyl (C=O) groups is 2. The van der Waals surface area contributed by atoms with E-state index < -0.39 is 5.54 Å². The largest absolute Gasteiger partial charge is 0.391 e. The molecule has 1 saturated heterocycles. The highest BCUT2D eigenvalue weighted by atomic mass is 32.1. The van der Waals surface area contributed by atoms with Gasteiger partial charge in [0.25, 0.3) is 0 Å². The molecule has 0 aliphatic carbocycles. The van der Waals surface area contributed by atoms with Gasteiger partial charge in [0.1, 0.15) is 0 Å². The summed E-state index contributed by atoms with van der Waals surface area (Å²) in [5.41, 5.74) is 4.84. The quantitative estimate of drug-likeness (QED) is 0.597. The second-order valence-corrected chi connectivity index (χ2v) is 5.07.